The molecule has 1 heterocycles. The van der Waals surface area contributed by atoms with Gasteiger partial charge >= 0.3 is 0 Å². The maximum atomic E-state index is 13.1. The molecule has 0 radical (unpaired) electrons. The summed E-state index contributed by atoms with van der Waals surface area (Å²) in [6.07, 6.45) is 0. The number of rotatable bonds is 5. The number of sulfone groups is 2. The summed E-state index contributed by atoms with van der Waals surface area (Å²) in [6, 6.07) is 10.7. The van der Waals surface area contributed by atoms with Gasteiger partial charge in [-0.15, -0.1) is 0 Å². The second-order valence-corrected chi connectivity index (χ2v) is 10.9. The van der Waals surface area contributed by atoms with E-state index >= 15 is 0 Å². The van der Waals surface area contributed by atoms with Crippen molar-refractivity contribution < 1.29 is 21.2 Å². The van der Waals surface area contributed by atoms with Gasteiger partial charge in [0.1, 0.15) is 5.82 Å². The van der Waals surface area contributed by atoms with Crippen LogP contribution in [-0.4, -0.2) is 39.6 Å². The zero-order valence-corrected chi connectivity index (χ0v) is 16.0. The van der Waals surface area contributed by atoms with Crippen molar-refractivity contribution in [1.82, 2.24) is 5.32 Å². The molecular formula is C17H17ClFNO4S2. The van der Waals surface area contributed by atoms with Gasteiger partial charge < -0.3 is 5.32 Å². The molecule has 0 amide bonds. The first kappa shape index (κ1) is 19.3. The molecule has 0 aliphatic carbocycles. The monoisotopic (exact) mass is 417 g/mol. The lowest BCUT2D eigenvalue weighted by molar-refractivity contribution is 0.526. The lowest BCUT2D eigenvalue weighted by atomic mass is 10.2. The summed E-state index contributed by atoms with van der Waals surface area (Å²) in [4.78, 5) is -0.0921. The van der Waals surface area contributed by atoms with Crippen molar-refractivity contribution in [2.45, 2.75) is 22.7 Å². The number of hydrogen-bond acceptors (Lipinski definition) is 5. The molecule has 2 aromatic carbocycles. The predicted molar refractivity (Wildman–Crippen MR) is 98.1 cm³/mol. The maximum absolute atomic E-state index is 13.1. The van der Waals surface area contributed by atoms with E-state index in [4.69, 9.17) is 11.6 Å². The number of nitrogens with one attached hydrogen (secondary N) is 1. The molecule has 2 aromatic rings. The van der Waals surface area contributed by atoms with Gasteiger partial charge in [-0.2, -0.15) is 0 Å². The number of halogens is 2. The van der Waals surface area contributed by atoms with Crippen LogP contribution in [0.1, 0.15) is 5.56 Å². The van der Waals surface area contributed by atoms with Gasteiger partial charge in [-0.3, -0.25) is 0 Å². The van der Waals surface area contributed by atoms with Gasteiger partial charge in [0.15, 0.2) is 19.7 Å². The second kappa shape index (κ2) is 7.26. The molecule has 2 atom stereocenters. The largest absolute Gasteiger partial charge is 0.308 e. The number of benzene rings is 2. The van der Waals surface area contributed by atoms with Gasteiger partial charge in [-0.05, 0) is 35.9 Å². The van der Waals surface area contributed by atoms with Crippen molar-refractivity contribution in [2.24, 2.45) is 0 Å². The molecule has 1 fully saturated rings. The van der Waals surface area contributed by atoms with Crippen molar-refractivity contribution in [3.63, 3.8) is 0 Å². The highest BCUT2D eigenvalue weighted by atomic mass is 35.5. The molecule has 26 heavy (non-hydrogen) atoms. The molecule has 140 valence electrons. The minimum atomic E-state index is -3.93. The standard InChI is InChI=1S/C17H17ClFNO4S2/c18-15-4-2-1-3-12(15)9-20-16-10-25(21,22)11-17(16)26(23,24)14-7-5-13(19)6-8-14/h1-8,16-17,20H,9-11H2/t16-,17-/m0/s1. The van der Waals surface area contributed by atoms with E-state index in [0.29, 0.717) is 5.02 Å². The molecule has 1 aliphatic heterocycles. The molecule has 0 aromatic heterocycles. The van der Waals surface area contributed by atoms with E-state index < -0.39 is 42.5 Å². The summed E-state index contributed by atoms with van der Waals surface area (Å²) in [5.41, 5.74) is 0.747. The van der Waals surface area contributed by atoms with E-state index in [-0.39, 0.29) is 17.2 Å². The van der Waals surface area contributed by atoms with Crippen LogP contribution in [0.2, 0.25) is 5.02 Å². The van der Waals surface area contributed by atoms with Crippen molar-refractivity contribution in [1.29, 1.82) is 0 Å². The Hall–Kier alpha value is -1.48. The highest BCUT2D eigenvalue weighted by Gasteiger charge is 2.45. The van der Waals surface area contributed by atoms with Gasteiger partial charge in [0.25, 0.3) is 0 Å². The summed E-state index contributed by atoms with van der Waals surface area (Å²) in [7, 11) is -7.44. The Labute approximate surface area is 157 Å². The summed E-state index contributed by atoms with van der Waals surface area (Å²) < 4.78 is 63.0. The quantitative estimate of drug-likeness (QED) is 0.754. The van der Waals surface area contributed by atoms with Crippen LogP contribution in [0.15, 0.2) is 53.4 Å². The van der Waals surface area contributed by atoms with Gasteiger partial charge in [-0.25, -0.2) is 21.2 Å². The summed E-state index contributed by atoms with van der Waals surface area (Å²) in [5, 5.41) is 2.39. The molecule has 1 N–H and O–H groups in total. The van der Waals surface area contributed by atoms with E-state index in [1.807, 2.05) is 0 Å². The predicted octanol–water partition coefficient (Wildman–Crippen LogP) is 2.21. The van der Waals surface area contributed by atoms with E-state index in [0.717, 1.165) is 29.8 Å². The molecular weight excluding hydrogens is 401 g/mol. The number of hydrogen-bond donors (Lipinski definition) is 1. The Bertz CT molecular complexity index is 1010. The Morgan fingerprint density at radius 3 is 2.38 bits per heavy atom. The lowest BCUT2D eigenvalue weighted by Gasteiger charge is -2.20. The van der Waals surface area contributed by atoms with Crippen LogP contribution in [0, 0.1) is 5.82 Å². The minimum absolute atomic E-state index is 0.0921. The fourth-order valence-corrected chi connectivity index (χ4v) is 7.91. The summed E-state index contributed by atoms with van der Waals surface area (Å²) >= 11 is 6.09. The lowest BCUT2D eigenvalue weighted by Crippen LogP contribution is -2.43. The van der Waals surface area contributed by atoms with E-state index in [2.05, 4.69) is 5.32 Å². The Kier molecular flexibility index (Phi) is 5.39. The maximum Gasteiger partial charge on any atom is 0.183 e. The van der Waals surface area contributed by atoms with E-state index in [1.165, 1.54) is 0 Å². The second-order valence-electron chi connectivity index (χ2n) is 6.19. The van der Waals surface area contributed by atoms with Crippen molar-refractivity contribution >= 4 is 31.3 Å². The van der Waals surface area contributed by atoms with Gasteiger partial charge in [0.2, 0.25) is 0 Å². The molecule has 0 spiro atoms. The zero-order valence-electron chi connectivity index (χ0n) is 13.6. The third kappa shape index (κ3) is 4.09. The average molecular weight is 418 g/mol. The molecule has 3 rings (SSSR count). The fourth-order valence-electron chi connectivity index (χ4n) is 2.99. The SMILES string of the molecule is O=S1(=O)C[C@H](NCc2ccccc2Cl)[C@@H](S(=O)(=O)c2ccc(F)cc2)C1. The molecule has 1 saturated heterocycles. The Balaban J connectivity index is 1.86. The molecule has 9 heteroatoms. The van der Waals surface area contributed by atoms with Crippen molar-refractivity contribution in [2.75, 3.05) is 11.5 Å². The highest BCUT2D eigenvalue weighted by Crippen LogP contribution is 2.27. The normalized spacial score (nSPS) is 22.4. The first-order valence-electron chi connectivity index (χ1n) is 7.86. The van der Waals surface area contributed by atoms with E-state index in [9.17, 15) is 21.2 Å². The van der Waals surface area contributed by atoms with Crippen LogP contribution in [0.3, 0.4) is 0 Å². The summed E-state index contributed by atoms with van der Waals surface area (Å²) in [5.74, 6) is -1.30. The van der Waals surface area contributed by atoms with Gasteiger partial charge in [0, 0.05) is 17.6 Å². The molecule has 5 nitrogen and oxygen atoms in total. The van der Waals surface area contributed by atoms with Crippen LogP contribution in [0.5, 0.6) is 0 Å². The van der Waals surface area contributed by atoms with E-state index in [1.54, 1.807) is 24.3 Å². The summed E-state index contributed by atoms with van der Waals surface area (Å²) in [6.45, 7) is 0.245. The first-order valence-corrected chi connectivity index (χ1v) is 11.6. The van der Waals surface area contributed by atoms with Crippen LogP contribution < -0.4 is 5.32 Å². The average Bonchev–Trinajstić information content (AvgIpc) is 2.90. The van der Waals surface area contributed by atoms with Crippen LogP contribution in [-0.2, 0) is 26.2 Å². The first-order chi connectivity index (χ1) is 12.2. The third-order valence-corrected chi connectivity index (χ3v) is 8.89. The molecule has 0 saturated carbocycles. The van der Waals surface area contributed by atoms with Crippen molar-refractivity contribution in [3.05, 3.63) is 64.9 Å². The van der Waals surface area contributed by atoms with Crippen LogP contribution >= 0.6 is 11.6 Å². The Morgan fingerprint density at radius 2 is 1.73 bits per heavy atom. The van der Waals surface area contributed by atoms with Crippen LogP contribution in [0.4, 0.5) is 4.39 Å². The highest BCUT2D eigenvalue weighted by molar-refractivity contribution is 7.96. The molecule has 0 bridgehead atoms. The third-order valence-electron chi connectivity index (χ3n) is 4.35. The smallest absolute Gasteiger partial charge is 0.183 e. The van der Waals surface area contributed by atoms with Crippen molar-refractivity contribution in [3.8, 4) is 0 Å². The molecule has 0 unspecified atom stereocenters. The zero-order chi connectivity index (χ0) is 18.9. The molecule has 1 aliphatic rings. The van der Waals surface area contributed by atoms with Crippen LogP contribution in [0.25, 0.3) is 0 Å². The van der Waals surface area contributed by atoms with Gasteiger partial charge in [0.05, 0.1) is 21.7 Å². The fraction of sp³-hybridized carbons (Fsp3) is 0.294. The minimum Gasteiger partial charge on any atom is -0.308 e. The topological polar surface area (TPSA) is 80.3 Å². The Morgan fingerprint density at radius 1 is 1.08 bits per heavy atom. The van der Waals surface area contributed by atoms with Gasteiger partial charge in [-0.1, -0.05) is 29.8 Å².